The zero-order valence-electron chi connectivity index (χ0n) is 14.1. The minimum Gasteiger partial charge on any atom is -0.451 e. The minimum absolute atomic E-state index is 0.0146. The highest BCUT2D eigenvalue weighted by Gasteiger charge is 2.32. The van der Waals surface area contributed by atoms with Gasteiger partial charge in [0.1, 0.15) is 5.76 Å². The first kappa shape index (κ1) is 15.5. The number of hydrogen-bond acceptors (Lipinski definition) is 3. The Balaban J connectivity index is 1.50. The molecule has 3 heterocycles. The van der Waals surface area contributed by atoms with Gasteiger partial charge in [0.05, 0.1) is 0 Å². The number of nitrogens with one attached hydrogen (secondary N) is 1. The van der Waals surface area contributed by atoms with Crippen LogP contribution in [0.25, 0.3) is 11.3 Å². The molecule has 1 aromatic carbocycles. The lowest BCUT2D eigenvalue weighted by molar-refractivity contribution is 0.0717. The molecule has 2 bridgehead atoms. The fraction of sp³-hybridized carbons (Fsp3) is 0.450. The Kier molecular flexibility index (Phi) is 4.15. The van der Waals surface area contributed by atoms with Crippen molar-refractivity contribution in [3.8, 4) is 11.3 Å². The zero-order chi connectivity index (χ0) is 16.5. The smallest absolute Gasteiger partial charge is 0.289 e. The van der Waals surface area contributed by atoms with Crippen LogP contribution in [0.15, 0.2) is 40.8 Å². The quantitative estimate of drug-likeness (QED) is 0.940. The van der Waals surface area contributed by atoms with Gasteiger partial charge in [-0.2, -0.15) is 0 Å². The molecule has 0 radical (unpaired) electrons. The first-order valence-corrected chi connectivity index (χ1v) is 8.97. The summed E-state index contributed by atoms with van der Waals surface area (Å²) >= 11 is 0. The molecular formula is C20H24N2O2. The van der Waals surface area contributed by atoms with Crippen molar-refractivity contribution < 1.29 is 9.21 Å². The van der Waals surface area contributed by atoms with Gasteiger partial charge in [0, 0.05) is 30.7 Å². The summed E-state index contributed by atoms with van der Waals surface area (Å²) in [5, 5.41) is 3.61. The number of rotatable bonds is 3. The van der Waals surface area contributed by atoms with Gasteiger partial charge in [-0.15, -0.1) is 0 Å². The number of carbonyl (C=O) groups is 1. The van der Waals surface area contributed by atoms with E-state index in [1.807, 2.05) is 17.0 Å². The lowest BCUT2D eigenvalue weighted by Crippen LogP contribution is -2.38. The van der Waals surface area contributed by atoms with Crippen molar-refractivity contribution >= 4 is 5.91 Å². The second kappa shape index (κ2) is 6.44. The Morgan fingerprint density at radius 3 is 2.71 bits per heavy atom. The Morgan fingerprint density at radius 2 is 1.92 bits per heavy atom. The zero-order valence-corrected chi connectivity index (χ0v) is 14.1. The molecular weight excluding hydrogens is 300 g/mol. The van der Waals surface area contributed by atoms with E-state index in [9.17, 15) is 4.79 Å². The van der Waals surface area contributed by atoms with Crippen LogP contribution < -0.4 is 5.32 Å². The molecule has 4 rings (SSSR count). The number of likely N-dealkylation sites (tertiary alicyclic amines) is 1. The van der Waals surface area contributed by atoms with E-state index in [4.69, 9.17) is 4.42 Å². The van der Waals surface area contributed by atoms with Gasteiger partial charge in [-0.05, 0) is 43.4 Å². The Morgan fingerprint density at radius 1 is 1.12 bits per heavy atom. The SMILES string of the molecule is CCc1ccc(-c2ccc(C(=O)N3CCC4CCC(C3)N4)o2)cc1. The predicted molar refractivity (Wildman–Crippen MR) is 94.0 cm³/mol. The highest BCUT2D eigenvalue weighted by Crippen LogP contribution is 2.25. The Bertz CT molecular complexity index is 719. The van der Waals surface area contributed by atoms with E-state index < -0.39 is 0 Å². The molecule has 1 amide bonds. The highest BCUT2D eigenvalue weighted by molar-refractivity contribution is 5.92. The van der Waals surface area contributed by atoms with Gasteiger partial charge in [-0.3, -0.25) is 4.79 Å². The average Bonchev–Trinajstić information content (AvgIpc) is 3.21. The maximum absolute atomic E-state index is 12.8. The Labute approximate surface area is 142 Å². The third kappa shape index (κ3) is 2.98. The number of nitrogens with zero attached hydrogens (tertiary/aromatic N) is 1. The van der Waals surface area contributed by atoms with Gasteiger partial charge in [0.15, 0.2) is 5.76 Å². The number of carbonyl (C=O) groups excluding carboxylic acids is 1. The number of aryl methyl sites for hydroxylation is 1. The van der Waals surface area contributed by atoms with Gasteiger partial charge in [0.2, 0.25) is 0 Å². The first-order valence-electron chi connectivity index (χ1n) is 8.97. The van der Waals surface area contributed by atoms with Crippen molar-refractivity contribution in [3.05, 3.63) is 47.7 Å². The summed E-state index contributed by atoms with van der Waals surface area (Å²) < 4.78 is 5.87. The third-order valence-corrected chi connectivity index (χ3v) is 5.27. The van der Waals surface area contributed by atoms with Crippen molar-refractivity contribution in [3.63, 3.8) is 0 Å². The van der Waals surface area contributed by atoms with E-state index >= 15 is 0 Å². The van der Waals surface area contributed by atoms with Crippen LogP contribution in [-0.2, 0) is 6.42 Å². The summed E-state index contributed by atoms with van der Waals surface area (Å²) in [6.45, 7) is 3.74. The van der Waals surface area contributed by atoms with Crippen LogP contribution in [0.1, 0.15) is 42.3 Å². The van der Waals surface area contributed by atoms with E-state index in [2.05, 4.69) is 36.5 Å². The van der Waals surface area contributed by atoms with Crippen molar-refractivity contribution in [1.29, 1.82) is 0 Å². The summed E-state index contributed by atoms with van der Waals surface area (Å²) in [5.74, 6) is 1.22. The van der Waals surface area contributed by atoms with Crippen LogP contribution in [0.5, 0.6) is 0 Å². The number of furan rings is 1. The molecule has 2 atom stereocenters. The lowest BCUT2D eigenvalue weighted by Gasteiger charge is -2.23. The van der Waals surface area contributed by atoms with E-state index in [0.717, 1.165) is 37.3 Å². The second-order valence-electron chi connectivity index (χ2n) is 6.89. The number of fused-ring (bicyclic) bond motifs is 2. The normalized spacial score (nSPS) is 23.3. The standard InChI is InChI=1S/C20H24N2O2/c1-2-14-3-5-15(6-4-14)18-9-10-19(24-18)20(23)22-12-11-16-7-8-17(13-22)21-16/h3-6,9-10,16-17,21H,2,7-8,11-13H2,1H3. The van der Waals surface area contributed by atoms with Gasteiger partial charge < -0.3 is 14.6 Å². The summed E-state index contributed by atoms with van der Waals surface area (Å²) in [6.07, 6.45) is 4.47. The van der Waals surface area contributed by atoms with Crippen LogP contribution in [0.3, 0.4) is 0 Å². The third-order valence-electron chi connectivity index (χ3n) is 5.27. The molecule has 2 aliphatic heterocycles. The highest BCUT2D eigenvalue weighted by atomic mass is 16.4. The van der Waals surface area contributed by atoms with Crippen molar-refractivity contribution in [1.82, 2.24) is 10.2 Å². The van der Waals surface area contributed by atoms with E-state index in [1.165, 1.54) is 18.4 Å². The van der Waals surface area contributed by atoms with Crippen LogP contribution in [0.2, 0.25) is 0 Å². The number of benzene rings is 1. The number of hydrogen-bond donors (Lipinski definition) is 1. The lowest BCUT2D eigenvalue weighted by atomic mass is 10.1. The van der Waals surface area contributed by atoms with E-state index in [1.54, 1.807) is 0 Å². The molecule has 0 aliphatic carbocycles. The van der Waals surface area contributed by atoms with Gasteiger partial charge in [0.25, 0.3) is 5.91 Å². The molecule has 1 aromatic heterocycles. The predicted octanol–water partition coefficient (Wildman–Crippen LogP) is 3.48. The van der Waals surface area contributed by atoms with Gasteiger partial charge in [-0.25, -0.2) is 0 Å². The summed E-state index contributed by atoms with van der Waals surface area (Å²) in [5.41, 5.74) is 2.32. The van der Waals surface area contributed by atoms with Gasteiger partial charge >= 0.3 is 0 Å². The van der Waals surface area contributed by atoms with Crippen LogP contribution >= 0.6 is 0 Å². The van der Waals surface area contributed by atoms with Crippen LogP contribution in [0.4, 0.5) is 0 Å². The second-order valence-corrected chi connectivity index (χ2v) is 6.89. The number of amides is 1. The van der Waals surface area contributed by atoms with E-state index in [0.29, 0.717) is 17.8 Å². The van der Waals surface area contributed by atoms with Crippen LogP contribution in [-0.4, -0.2) is 36.0 Å². The Hall–Kier alpha value is -2.07. The van der Waals surface area contributed by atoms with Crippen LogP contribution in [0, 0.1) is 0 Å². The summed E-state index contributed by atoms with van der Waals surface area (Å²) in [4.78, 5) is 14.7. The summed E-state index contributed by atoms with van der Waals surface area (Å²) in [6, 6.07) is 13.1. The molecule has 0 saturated carbocycles. The fourth-order valence-corrected chi connectivity index (χ4v) is 3.80. The molecule has 4 nitrogen and oxygen atoms in total. The minimum atomic E-state index is 0.0146. The largest absolute Gasteiger partial charge is 0.451 e. The molecule has 0 spiro atoms. The molecule has 2 fully saturated rings. The fourth-order valence-electron chi connectivity index (χ4n) is 3.80. The molecule has 4 heteroatoms. The maximum atomic E-state index is 12.8. The molecule has 2 aromatic rings. The molecule has 2 aliphatic rings. The van der Waals surface area contributed by atoms with Crippen molar-refractivity contribution in [2.45, 2.75) is 44.7 Å². The summed E-state index contributed by atoms with van der Waals surface area (Å²) in [7, 11) is 0. The topological polar surface area (TPSA) is 45.5 Å². The molecule has 2 saturated heterocycles. The van der Waals surface area contributed by atoms with Gasteiger partial charge in [-0.1, -0.05) is 31.2 Å². The molecule has 126 valence electrons. The molecule has 1 N–H and O–H groups in total. The maximum Gasteiger partial charge on any atom is 0.289 e. The molecule has 24 heavy (non-hydrogen) atoms. The van der Waals surface area contributed by atoms with Crippen molar-refractivity contribution in [2.24, 2.45) is 0 Å². The van der Waals surface area contributed by atoms with Crippen molar-refractivity contribution in [2.75, 3.05) is 13.1 Å². The van der Waals surface area contributed by atoms with E-state index in [-0.39, 0.29) is 5.91 Å². The molecule has 2 unspecified atom stereocenters. The average molecular weight is 324 g/mol. The monoisotopic (exact) mass is 324 g/mol. The first-order chi connectivity index (χ1) is 11.7.